The Balaban J connectivity index is 0.000000345. The number of para-hydroxylation sites is 1. The van der Waals surface area contributed by atoms with Crippen LogP contribution in [0.2, 0.25) is 0 Å². The highest BCUT2D eigenvalue weighted by molar-refractivity contribution is 5.95. The lowest BCUT2D eigenvalue weighted by Gasteiger charge is -2.25. The van der Waals surface area contributed by atoms with Crippen molar-refractivity contribution in [2.45, 2.75) is 25.2 Å². The van der Waals surface area contributed by atoms with Crippen LogP contribution in [0.25, 0.3) is 0 Å². The number of rotatable bonds is 2. The molecular formula is C18H15F5N2O3. The zero-order valence-electron chi connectivity index (χ0n) is 14.2. The van der Waals surface area contributed by atoms with E-state index < -0.39 is 41.4 Å². The van der Waals surface area contributed by atoms with Gasteiger partial charge in [0.15, 0.2) is 0 Å². The number of hydrogen-bond donors (Lipinski definition) is 3. The summed E-state index contributed by atoms with van der Waals surface area (Å²) in [7, 11) is 0. The van der Waals surface area contributed by atoms with Crippen LogP contribution >= 0.6 is 0 Å². The number of aliphatic carboxylic acids is 1. The summed E-state index contributed by atoms with van der Waals surface area (Å²) in [4.78, 5) is 21.1. The minimum atomic E-state index is -5.08. The zero-order chi connectivity index (χ0) is 20.9. The molecule has 1 atom stereocenters. The third kappa shape index (κ3) is 5.49. The lowest BCUT2D eigenvalue weighted by Crippen LogP contribution is -2.44. The minimum absolute atomic E-state index is 0.400. The Labute approximate surface area is 156 Å². The number of halogens is 5. The number of alkyl halides is 3. The molecule has 1 heterocycles. The van der Waals surface area contributed by atoms with Gasteiger partial charge in [-0.15, -0.1) is 0 Å². The van der Waals surface area contributed by atoms with Crippen LogP contribution in [0.4, 0.5) is 27.6 Å². The van der Waals surface area contributed by atoms with E-state index in [9.17, 15) is 26.7 Å². The maximum absolute atomic E-state index is 13.5. The van der Waals surface area contributed by atoms with Crippen molar-refractivity contribution in [3.8, 4) is 0 Å². The Hall–Kier alpha value is -3.01. The summed E-state index contributed by atoms with van der Waals surface area (Å²) in [5.41, 5.74) is 1.81. The van der Waals surface area contributed by atoms with Gasteiger partial charge in [-0.25, -0.2) is 13.6 Å². The highest BCUT2D eigenvalue weighted by Crippen LogP contribution is 2.20. The van der Waals surface area contributed by atoms with E-state index in [4.69, 9.17) is 9.90 Å². The molecular weight excluding hydrogens is 387 g/mol. The topological polar surface area (TPSA) is 78.4 Å². The second-order valence-electron chi connectivity index (χ2n) is 5.80. The normalized spacial score (nSPS) is 15.7. The van der Waals surface area contributed by atoms with Crippen LogP contribution < -0.4 is 10.6 Å². The lowest BCUT2D eigenvalue weighted by molar-refractivity contribution is -0.192. The Morgan fingerprint density at radius 1 is 1.00 bits per heavy atom. The highest BCUT2D eigenvalue weighted by Gasteiger charge is 2.38. The van der Waals surface area contributed by atoms with Crippen molar-refractivity contribution >= 4 is 17.6 Å². The molecule has 10 heteroatoms. The molecule has 1 amide bonds. The standard InChI is InChI=1S/C16H14F2N2O.C2HF3O2/c17-12-6-3-7-13(18)15(12)20-16(21)14-8-10-4-1-2-5-11(10)9-19-14;3-2(4,5)1(6)7/h1-7,14,19H,8-9H2,(H,20,21);(H,6,7)/t14-;/m0./s1. The molecule has 0 aliphatic carbocycles. The van der Waals surface area contributed by atoms with Crippen molar-refractivity contribution < 1.29 is 36.6 Å². The van der Waals surface area contributed by atoms with E-state index in [-0.39, 0.29) is 0 Å². The Bertz CT molecular complexity index is 850. The molecule has 1 aliphatic heterocycles. The minimum Gasteiger partial charge on any atom is -0.475 e. The van der Waals surface area contributed by atoms with E-state index in [1.165, 1.54) is 6.07 Å². The first kappa shape index (κ1) is 21.3. The van der Waals surface area contributed by atoms with Gasteiger partial charge >= 0.3 is 12.1 Å². The number of anilines is 1. The molecule has 0 saturated carbocycles. The fourth-order valence-corrected chi connectivity index (χ4v) is 2.47. The number of carbonyl (C=O) groups excluding carboxylic acids is 1. The maximum Gasteiger partial charge on any atom is 0.490 e. The number of carbonyl (C=O) groups is 2. The number of fused-ring (bicyclic) bond motifs is 1. The highest BCUT2D eigenvalue weighted by atomic mass is 19.4. The van der Waals surface area contributed by atoms with Gasteiger partial charge in [-0.2, -0.15) is 13.2 Å². The van der Waals surface area contributed by atoms with E-state index in [0.29, 0.717) is 13.0 Å². The third-order valence-electron chi connectivity index (χ3n) is 3.85. The molecule has 0 radical (unpaired) electrons. The molecule has 0 bridgehead atoms. The van der Waals surface area contributed by atoms with E-state index >= 15 is 0 Å². The summed E-state index contributed by atoms with van der Waals surface area (Å²) in [5, 5.41) is 12.5. The fourth-order valence-electron chi connectivity index (χ4n) is 2.47. The van der Waals surface area contributed by atoms with Gasteiger partial charge in [0.2, 0.25) is 5.91 Å². The van der Waals surface area contributed by atoms with Gasteiger partial charge in [0.1, 0.15) is 17.3 Å². The molecule has 3 rings (SSSR count). The van der Waals surface area contributed by atoms with Crippen molar-refractivity contribution in [1.29, 1.82) is 0 Å². The quantitative estimate of drug-likeness (QED) is 0.674. The van der Waals surface area contributed by atoms with Crippen LogP contribution in [0, 0.1) is 11.6 Å². The van der Waals surface area contributed by atoms with Gasteiger partial charge in [-0.3, -0.25) is 4.79 Å². The van der Waals surface area contributed by atoms with Gasteiger partial charge < -0.3 is 15.7 Å². The van der Waals surface area contributed by atoms with E-state index in [1.54, 1.807) is 0 Å². The molecule has 28 heavy (non-hydrogen) atoms. The van der Waals surface area contributed by atoms with Crippen LogP contribution in [0.3, 0.4) is 0 Å². The average molecular weight is 402 g/mol. The van der Waals surface area contributed by atoms with Gasteiger partial charge in [0.25, 0.3) is 0 Å². The zero-order valence-corrected chi connectivity index (χ0v) is 14.2. The van der Waals surface area contributed by atoms with Crippen LogP contribution in [0.1, 0.15) is 11.1 Å². The molecule has 5 nitrogen and oxygen atoms in total. The third-order valence-corrected chi connectivity index (χ3v) is 3.85. The second kappa shape index (κ2) is 8.79. The molecule has 0 fully saturated rings. The van der Waals surface area contributed by atoms with Crippen molar-refractivity contribution in [3.63, 3.8) is 0 Å². The van der Waals surface area contributed by atoms with Gasteiger partial charge in [0, 0.05) is 6.54 Å². The number of nitrogens with one attached hydrogen (secondary N) is 2. The van der Waals surface area contributed by atoms with E-state index in [1.807, 2.05) is 24.3 Å². The number of benzene rings is 2. The summed E-state index contributed by atoms with van der Waals surface area (Å²) in [6, 6.07) is 10.8. The predicted octanol–water partition coefficient (Wildman–Crippen LogP) is 3.25. The molecule has 3 N–H and O–H groups in total. The first-order valence-corrected chi connectivity index (χ1v) is 7.94. The second-order valence-corrected chi connectivity index (χ2v) is 5.80. The Kier molecular flexibility index (Phi) is 6.68. The molecule has 2 aromatic carbocycles. The van der Waals surface area contributed by atoms with Crippen LogP contribution in [-0.4, -0.2) is 29.2 Å². The lowest BCUT2D eigenvalue weighted by atomic mass is 9.95. The summed E-state index contributed by atoms with van der Waals surface area (Å²) in [6.07, 6.45) is -4.59. The molecule has 0 unspecified atom stereocenters. The SMILES string of the molecule is O=C(Nc1c(F)cccc1F)[C@@H]1Cc2ccccc2CN1.O=C(O)C(F)(F)F. The van der Waals surface area contributed by atoms with Crippen molar-refractivity contribution in [2.24, 2.45) is 0 Å². The smallest absolute Gasteiger partial charge is 0.475 e. The summed E-state index contributed by atoms with van der Waals surface area (Å²) >= 11 is 0. The summed E-state index contributed by atoms with van der Waals surface area (Å²) < 4.78 is 58.8. The first-order valence-electron chi connectivity index (χ1n) is 7.94. The molecule has 150 valence electrons. The molecule has 0 spiro atoms. The van der Waals surface area contributed by atoms with Gasteiger partial charge in [-0.05, 0) is 29.7 Å². The average Bonchev–Trinajstić information content (AvgIpc) is 2.64. The largest absolute Gasteiger partial charge is 0.490 e. The van der Waals surface area contributed by atoms with Crippen LogP contribution in [-0.2, 0) is 22.6 Å². The Morgan fingerprint density at radius 2 is 1.54 bits per heavy atom. The molecule has 2 aromatic rings. The van der Waals surface area contributed by atoms with Crippen molar-refractivity contribution in [3.05, 3.63) is 65.2 Å². The molecule has 0 saturated heterocycles. The van der Waals surface area contributed by atoms with E-state index in [2.05, 4.69) is 10.6 Å². The van der Waals surface area contributed by atoms with Gasteiger partial charge in [0.05, 0.1) is 6.04 Å². The number of carboxylic acids is 1. The first-order chi connectivity index (χ1) is 13.1. The van der Waals surface area contributed by atoms with Crippen LogP contribution in [0.5, 0.6) is 0 Å². The van der Waals surface area contributed by atoms with Crippen LogP contribution in [0.15, 0.2) is 42.5 Å². The van der Waals surface area contributed by atoms with E-state index in [0.717, 1.165) is 23.3 Å². The van der Waals surface area contributed by atoms with Crippen molar-refractivity contribution in [1.82, 2.24) is 5.32 Å². The summed E-state index contributed by atoms with van der Waals surface area (Å²) in [5.74, 6) is -4.75. The Morgan fingerprint density at radius 3 is 2.07 bits per heavy atom. The molecule has 0 aromatic heterocycles. The summed E-state index contributed by atoms with van der Waals surface area (Å²) in [6.45, 7) is 0.564. The monoisotopic (exact) mass is 402 g/mol. The molecule has 1 aliphatic rings. The van der Waals surface area contributed by atoms with Gasteiger partial charge in [-0.1, -0.05) is 30.3 Å². The maximum atomic E-state index is 13.5. The number of carboxylic acid groups (broad SMARTS) is 1. The fraction of sp³-hybridized carbons (Fsp3) is 0.222. The predicted molar refractivity (Wildman–Crippen MR) is 89.5 cm³/mol. The number of amides is 1. The van der Waals surface area contributed by atoms with Crippen molar-refractivity contribution in [2.75, 3.05) is 5.32 Å². The number of hydrogen-bond acceptors (Lipinski definition) is 3.